The third-order valence-corrected chi connectivity index (χ3v) is 2.34. The van der Waals surface area contributed by atoms with Crippen molar-refractivity contribution in [3.05, 3.63) is 54.1 Å². The average Bonchev–Trinajstić information content (AvgIpc) is 2.29. The minimum Gasteiger partial charge on any atom is -0.493 e. The number of para-hydroxylation sites is 1. The largest absolute Gasteiger partial charge is 0.493 e. The molecular weight excluding hydrogens is 210 g/mol. The van der Waals surface area contributed by atoms with E-state index in [0.717, 1.165) is 0 Å². The molecule has 0 saturated carbocycles. The van der Waals surface area contributed by atoms with Gasteiger partial charge in [0.1, 0.15) is 5.82 Å². The van der Waals surface area contributed by atoms with E-state index in [2.05, 4.69) is 0 Å². The van der Waals surface area contributed by atoms with E-state index in [1.54, 1.807) is 24.3 Å². The van der Waals surface area contributed by atoms with Crippen LogP contribution in [0.1, 0.15) is 0 Å². The second-order valence-electron chi connectivity index (χ2n) is 3.30. The van der Waals surface area contributed by atoms with E-state index in [0.29, 0.717) is 11.1 Å². The van der Waals surface area contributed by atoms with Crippen molar-refractivity contribution in [3.8, 4) is 16.9 Å². The molecule has 0 spiro atoms. The quantitative estimate of drug-likeness (QED) is 0.750. The lowest BCUT2D eigenvalue weighted by Gasteiger charge is -2.09. The highest BCUT2D eigenvalue weighted by atomic mass is 19.1. The molecule has 0 atom stereocenters. The van der Waals surface area contributed by atoms with Crippen LogP contribution in [0.25, 0.3) is 11.1 Å². The predicted molar refractivity (Wildman–Crippen MR) is 58.3 cm³/mol. The van der Waals surface area contributed by atoms with Gasteiger partial charge in [0.15, 0.2) is 11.6 Å². The first-order valence-corrected chi connectivity index (χ1v) is 4.81. The molecular formula is C13H10F2O. The summed E-state index contributed by atoms with van der Waals surface area (Å²) in [4.78, 5) is 0. The predicted octanol–water partition coefficient (Wildman–Crippen LogP) is 3.64. The monoisotopic (exact) mass is 220 g/mol. The second-order valence-corrected chi connectivity index (χ2v) is 3.30. The highest BCUT2D eigenvalue weighted by molar-refractivity contribution is 5.71. The van der Waals surface area contributed by atoms with Crippen LogP contribution < -0.4 is 4.74 Å². The molecule has 0 aromatic heterocycles. The molecule has 0 fully saturated rings. The van der Waals surface area contributed by atoms with E-state index in [1.807, 2.05) is 0 Å². The van der Waals surface area contributed by atoms with Crippen molar-refractivity contribution in [3.63, 3.8) is 0 Å². The molecule has 3 heteroatoms. The van der Waals surface area contributed by atoms with Gasteiger partial charge in [0.25, 0.3) is 0 Å². The molecule has 0 amide bonds. The number of rotatable bonds is 2. The van der Waals surface area contributed by atoms with Gasteiger partial charge >= 0.3 is 0 Å². The Kier molecular flexibility index (Phi) is 2.86. The molecule has 2 rings (SSSR count). The molecule has 16 heavy (non-hydrogen) atoms. The van der Waals surface area contributed by atoms with Gasteiger partial charge in [-0.3, -0.25) is 0 Å². The summed E-state index contributed by atoms with van der Waals surface area (Å²) in [7, 11) is 1.36. The van der Waals surface area contributed by atoms with Gasteiger partial charge in [-0.2, -0.15) is 0 Å². The summed E-state index contributed by atoms with van der Waals surface area (Å²) in [6, 6.07) is 10.6. The van der Waals surface area contributed by atoms with Gasteiger partial charge in [-0.05, 0) is 12.1 Å². The maximum atomic E-state index is 13.5. The van der Waals surface area contributed by atoms with Crippen molar-refractivity contribution >= 4 is 0 Å². The van der Waals surface area contributed by atoms with E-state index >= 15 is 0 Å². The Morgan fingerprint density at radius 2 is 1.44 bits per heavy atom. The Morgan fingerprint density at radius 1 is 0.812 bits per heavy atom. The van der Waals surface area contributed by atoms with Gasteiger partial charge in [0, 0.05) is 11.1 Å². The third-order valence-electron chi connectivity index (χ3n) is 2.34. The summed E-state index contributed by atoms with van der Waals surface area (Å²) in [6.45, 7) is 0. The highest BCUT2D eigenvalue weighted by Crippen LogP contribution is 2.33. The lowest BCUT2D eigenvalue weighted by atomic mass is 10.0. The van der Waals surface area contributed by atoms with Crippen LogP contribution in [0.4, 0.5) is 8.78 Å². The number of hydrogen-bond acceptors (Lipinski definition) is 1. The molecule has 82 valence electrons. The Balaban J connectivity index is 2.65. The van der Waals surface area contributed by atoms with E-state index in [4.69, 9.17) is 4.74 Å². The number of halogens is 2. The van der Waals surface area contributed by atoms with Crippen LogP contribution in [0.3, 0.4) is 0 Å². The molecule has 2 aromatic rings. The molecule has 0 aliphatic rings. The second kappa shape index (κ2) is 4.31. The van der Waals surface area contributed by atoms with Crippen molar-refractivity contribution in [1.82, 2.24) is 0 Å². The minimum atomic E-state index is -0.497. The van der Waals surface area contributed by atoms with Gasteiger partial charge in [-0.25, -0.2) is 8.78 Å². The average molecular weight is 220 g/mol. The number of benzene rings is 2. The van der Waals surface area contributed by atoms with Crippen molar-refractivity contribution < 1.29 is 13.5 Å². The zero-order valence-corrected chi connectivity index (χ0v) is 8.71. The maximum Gasteiger partial charge on any atom is 0.165 e. The van der Waals surface area contributed by atoms with Crippen molar-refractivity contribution in [2.75, 3.05) is 7.11 Å². The lowest BCUT2D eigenvalue weighted by molar-refractivity contribution is 0.388. The summed E-state index contributed by atoms with van der Waals surface area (Å²) in [5.41, 5.74) is 0.749. The fraction of sp³-hybridized carbons (Fsp3) is 0.0769. The van der Waals surface area contributed by atoms with Crippen LogP contribution in [0.2, 0.25) is 0 Å². The number of ether oxygens (including phenoxy) is 1. The fourth-order valence-corrected chi connectivity index (χ4v) is 1.61. The normalized spacial score (nSPS) is 10.2. The van der Waals surface area contributed by atoms with Crippen LogP contribution >= 0.6 is 0 Å². The maximum absolute atomic E-state index is 13.5. The van der Waals surface area contributed by atoms with Crippen LogP contribution in [-0.2, 0) is 0 Å². The molecule has 0 saturated heterocycles. The van der Waals surface area contributed by atoms with Crippen LogP contribution in [0.15, 0.2) is 42.5 Å². The van der Waals surface area contributed by atoms with Gasteiger partial charge in [0.2, 0.25) is 0 Å². The summed E-state index contributed by atoms with van der Waals surface area (Å²) in [5, 5.41) is 0. The zero-order chi connectivity index (χ0) is 11.5. The topological polar surface area (TPSA) is 9.23 Å². The molecule has 0 radical (unpaired) electrons. The summed E-state index contributed by atoms with van der Waals surface area (Å²) in [5.74, 6) is -0.831. The van der Waals surface area contributed by atoms with Gasteiger partial charge in [0.05, 0.1) is 7.11 Å². The van der Waals surface area contributed by atoms with E-state index in [1.165, 1.54) is 25.3 Å². The molecule has 0 aliphatic carbocycles. The molecule has 1 nitrogen and oxygen atoms in total. The summed E-state index contributed by atoms with van der Waals surface area (Å²) >= 11 is 0. The Labute approximate surface area is 92.3 Å². The van der Waals surface area contributed by atoms with Crippen LogP contribution in [0.5, 0.6) is 5.75 Å². The van der Waals surface area contributed by atoms with Gasteiger partial charge in [-0.1, -0.05) is 30.3 Å². The fourth-order valence-electron chi connectivity index (χ4n) is 1.61. The smallest absolute Gasteiger partial charge is 0.165 e. The minimum absolute atomic E-state index is 0.0626. The third kappa shape index (κ3) is 1.76. The molecule has 0 N–H and O–H groups in total. The molecule has 0 unspecified atom stereocenters. The van der Waals surface area contributed by atoms with E-state index in [-0.39, 0.29) is 5.75 Å². The molecule has 0 aliphatic heterocycles. The van der Waals surface area contributed by atoms with Crippen LogP contribution in [-0.4, -0.2) is 7.11 Å². The van der Waals surface area contributed by atoms with Crippen molar-refractivity contribution in [1.29, 1.82) is 0 Å². The Hall–Kier alpha value is -1.90. The SMILES string of the molecule is COc1c(F)cccc1-c1ccccc1F. The number of hydrogen-bond donors (Lipinski definition) is 0. The van der Waals surface area contributed by atoms with E-state index in [9.17, 15) is 8.78 Å². The Morgan fingerprint density at radius 3 is 2.12 bits per heavy atom. The zero-order valence-electron chi connectivity index (χ0n) is 8.71. The van der Waals surface area contributed by atoms with E-state index < -0.39 is 11.6 Å². The molecule has 0 heterocycles. The molecule has 0 bridgehead atoms. The lowest BCUT2D eigenvalue weighted by Crippen LogP contribution is -1.93. The van der Waals surface area contributed by atoms with Gasteiger partial charge in [-0.15, -0.1) is 0 Å². The van der Waals surface area contributed by atoms with Crippen LogP contribution in [0, 0.1) is 11.6 Å². The highest BCUT2D eigenvalue weighted by Gasteiger charge is 2.13. The first-order chi connectivity index (χ1) is 7.74. The first-order valence-electron chi connectivity index (χ1n) is 4.81. The Bertz CT molecular complexity index is 509. The summed E-state index contributed by atoms with van der Waals surface area (Å²) in [6.07, 6.45) is 0. The summed E-state index contributed by atoms with van der Waals surface area (Å²) < 4.78 is 31.9. The first kappa shape index (κ1) is 10.6. The molecule has 2 aromatic carbocycles. The standard InChI is InChI=1S/C13H10F2O/c1-16-13-10(6-4-8-12(13)15)9-5-2-3-7-11(9)14/h2-8H,1H3. The van der Waals surface area contributed by atoms with Crippen molar-refractivity contribution in [2.45, 2.75) is 0 Å². The number of methoxy groups -OCH3 is 1. The van der Waals surface area contributed by atoms with Gasteiger partial charge < -0.3 is 4.74 Å². The van der Waals surface area contributed by atoms with Crippen molar-refractivity contribution in [2.24, 2.45) is 0 Å².